The summed E-state index contributed by atoms with van der Waals surface area (Å²) in [6, 6.07) is 36.9. The Kier molecular flexibility index (Phi) is 4.07. The van der Waals surface area contributed by atoms with Crippen molar-refractivity contribution in [2.45, 2.75) is 23.7 Å². The summed E-state index contributed by atoms with van der Waals surface area (Å²) in [7, 11) is 0. The van der Waals surface area contributed by atoms with Crippen molar-refractivity contribution in [1.82, 2.24) is 0 Å². The van der Waals surface area contributed by atoms with E-state index < -0.39 is 0 Å². The predicted octanol–water partition coefficient (Wildman–Crippen LogP) is 8.87. The summed E-state index contributed by atoms with van der Waals surface area (Å²) in [4.78, 5) is 0. The van der Waals surface area contributed by atoms with Crippen molar-refractivity contribution in [2.75, 3.05) is 0 Å². The van der Waals surface area contributed by atoms with Gasteiger partial charge in [0.05, 0.1) is 0 Å². The van der Waals surface area contributed by atoms with E-state index in [-0.39, 0.29) is 0 Å². The number of rotatable bonds is 0. The van der Waals surface area contributed by atoms with Gasteiger partial charge < -0.3 is 0 Å². The second-order valence-corrected chi connectivity index (χ2v) is 12.7. The number of benzene rings is 5. The summed E-state index contributed by atoms with van der Waals surface area (Å²) in [5.41, 5.74) is 18.3. The van der Waals surface area contributed by atoms with E-state index in [2.05, 4.69) is 142 Å². The van der Waals surface area contributed by atoms with Crippen LogP contribution in [0.3, 0.4) is 0 Å². The molecule has 5 aromatic rings. The van der Waals surface area contributed by atoms with Gasteiger partial charge in [-0.25, -0.2) is 0 Å². The third-order valence-corrected chi connectivity index (χ3v) is 11.5. The van der Waals surface area contributed by atoms with E-state index in [0.717, 1.165) is 0 Å². The van der Waals surface area contributed by atoms with Gasteiger partial charge in [-0.1, -0.05) is 97.1 Å². The van der Waals surface area contributed by atoms with E-state index >= 15 is 0 Å². The quantitative estimate of drug-likeness (QED) is 0.140. The highest BCUT2D eigenvalue weighted by molar-refractivity contribution is 14.1. The molecule has 0 N–H and O–H groups in total. The van der Waals surface area contributed by atoms with E-state index in [9.17, 15) is 0 Å². The fraction of sp³-hybridized carbons (Fsp3) is 0.118. The van der Waals surface area contributed by atoms with Gasteiger partial charge >= 0.3 is 0 Å². The Morgan fingerprint density at radius 2 is 0.472 bits per heavy atom. The van der Waals surface area contributed by atoms with Crippen molar-refractivity contribution in [2.24, 2.45) is 0 Å². The molecule has 0 radical (unpaired) electrons. The maximum Gasteiger partial charge on any atom is 0.0360 e. The standard InChI is InChI=1S/C34H20I2/c35-33-29-25-17-9-1-2-10-18(17)26(20-12-4-3-11-19(20)25)30(29)34(36)32-28-23-15-7-5-13-21(23)27(31(32)33)22-14-6-8-16-24(22)28/h1-16,25-28H. The Morgan fingerprint density at radius 1 is 0.306 bits per heavy atom. The van der Waals surface area contributed by atoms with Crippen LogP contribution in [-0.4, -0.2) is 0 Å². The molecular weight excluding hydrogens is 662 g/mol. The third-order valence-electron chi connectivity index (χ3n) is 9.15. The summed E-state index contributed by atoms with van der Waals surface area (Å²) >= 11 is 5.47. The SMILES string of the molecule is Ic1c2c(c(I)c3c1C1c4ccccc4C3c3ccccc31)C1c3ccccc3C2c2ccccc21. The first-order valence-electron chi connectivity index (χ1n) is 12.7. The predicted molar refractivity (Wildman–Crippen MR) is 161 cm³/mol. The van der Waals surface area contributed by atoms with E-state index in [4.69, 9.17) is 0 Å². The number of hydrogen-bond acceptors (Lipinski definition) is 0. The molecule has 0 amide bonds. The minimum Gasteiger partial charge on any atom is -0.0619 e. The second kappa shape index (κ2) is 7.11. The van der Waals surface area contributed by atoms with Gasteiger partial charge in [-0.2, -0.15) is 0 Å². The molecule has 11 rings (SSSR count). The highest BCUT2D eigenvalue weighted by Crippen LogP contribution is 2.64. The maximum absolute atomic E-state index is 2.73. The van der Waals surface area contributed by atoms with E-state index in [1.54, 1.807) is 22.3 Å². The Balaban J connectivity index is 1.43. The van der Waals surface area contributed by atoms with Gasteiger partial charge in [0.2, 0.25) is 0 Å². The average molecular weight is 682 g/mol. The molecule has 6 aliphatic rings. The maximum atomic E-state index is 2.73. The lowest BCUT2D eigenvalue weighted by Crippen LogP contribution is -2.35. The Labute approximate surface area is 238 Å². The summed E-state index contributed by atoms with van der Waals surface area (Å²) < 4.78 is 2.99. The van der Waals surface area contributed by atoms with Gasteiger partial charge in [-0.15, -0.1) is 0 Å². The van der Waals surface area contributed by atoms with Crippen LogP contribution in [0.4, 0.5) is 0 Å². The van der Waals surface area contributed by atoms with Crippen LogP contribution in [0.15, 0.2) is 97.1 Å². The van der Waals surface area contributed by atoms with Crippen LogP contribution in [0, 0.1) is 7.14 Å². The monoisotopic (exact) mass is 682 g/mol. The molecule has 0 spiro atoms. The van der Waals surface area contributed by atoms with Crippen LogP contribution < -0.4 is 0 Å². The summed E-state index contributed by atoms with van der Waals surface area (Å²) in [5.74, 6) is 1.26. The largest absolute Gasteiger partial charge is 0.0619 e. The number of hydrogen-bond donors (Lipinski definition) is 0. The van der Waals surface area contributed by atoms with Crippen LogP contribution >= 0.6 is 45.2 Å². The van der Waals surface area contributed by atoms with Crippen molar-refractivity contribution in [3.8, 4) is 0 Å². The van der Waals surface area contributed by atoms with Crippen LogP contribution in [0.1, 0.15) is 90.4 Å². The van der Waals surface area contributed by atoms with E-state index in [0.29, 0.717) is 23.7 Å². The van der Waals surface area contributed by atoms with Gasteiger partial charge in [-0.3, -0.25) is 0 Å². The molecule has 4 bridgehead atoms. The third kappa shape index (κ3) is 2.29. The minimum absolute atomic E-state index is 0.314. The van der Waals surface area contributed by atoms with Crippen molar-refractivity contribution in [1.29, 1.82) is 0 Å². The highest BCUT2D eigenvalue weighted by Gasteiger charge is 2.49. The molecule has 0 fully saturated rings. The van der Waals surface area contributed by atoms with Gasteiger partial charge in [-0.05, 0) is 112 Å². The topological polar surface area (TPSA) is 0 Å². The molecular formula is C34H20I2. The molecule has 0 heterocycles. The Bertz CT molecular complexity index is 1440. The summed E-state index contributed by atoms with van der Waals surface area (Å²) in [5, 5.41) is 0. The molecule has 0 aliphatic heterocycles. The molecule has 5 aromatic carbocycles. The molecule has 0 nitrogen and oxygen atoms in total. The van der Waals surface area contributed by atoms with Gasteiger partial charge in [0.15, 0.2) is 0 Å². The fourth-order valence-corrected chi connectivity index (χ4v) is 10.4. The van der Waals surface area contributed by atoms with Crippen LogP contribution in [0.2, 0.25) is 0 Å². The lowest BCUT2D eigenvalue weighted by atomic mass is 9.56. The molecule has 0 aromatic heterocycles. The fourth-order valence-electron chi connectivity index (χ4n) is 7.95. The summed E-state index contributed by atoms with van der Waals surface area (Å²) in [6.45, 7) is 0. The first kappa shape index (κ1) is 20.6. The smallest absolute Gasteiger partial charge is 0.0360 e. The first-order chi connectivity index (χ1) is 17.8. The molecule has 0 saturated carbocycles. The molecule has 0 atom stereocenters. The van der Waals surface area contributed by atoms with Gasteiger partial charge in [0.1, 0.15) is 0 Å². The zero-order valence-electron chi connectivity index (χ0n) is 19.3. The molecule has 0 unspecified atom stereocenters. The minimum atomic E-state index is 0.314. The molecule has 6 aliphatic carbocycles. The molecule has 170 valence electrons. The lowest BCUT2D eigenvalue weighted by Gasteiger charge is -2.48. The Hall–Kier alpha value is -2.44. The first-order valence-corrected chi connectivity index (χ1v) is 14.8. The zero-order valence-corrected chi connectivity index (χ0v) is 23.6. The van der Waals surface area contributed by atoms with E-state index in [1.807, 2.05) is 0 Å². The lowest BCUT2D eigenvalue weighted by molar-refractivity contribution is 0.702. The Morgan fingerprint density at radius 3 is 0.639 bits per heavy atom. The van der Waals surface area contributed by atoms with Crippen molar-refractivity contribution in [3.63, 3.8) is 0 Å². The van der Waals surface area contributed by atoms with E-state index in [1.165, 1.54) is 51.6 Å². The molecule has 36 heavy (non-hydrogen) atoms. The van der Waals surface area contributed by atoms with Crippen molar-refractivity contribution < 1.29 is 0 Å². The average Bonchev–Trinajstić information content (AvgIpc) is 2.95. The van der Waals surface area contributed by atoms with Gasteiger partial charge in [0, 0.05) is 30.8 Å². The highest BCUT2D eigenvalue weighted by atomic mass is 127. The van der Waals surface area contributed by atoms with Crippen LogP contribution in [-0.2, 0) is 0 Å². The van der Waals surface area contributed by atoms with Crippen LogP contribution in [0.25, 0.3) is 0 Å². The van der Waals surface area contributed by atoms with Crippen molar-refractivity contribution >= 4 is 45.2 Å². The molecule has 2 heteroatoms. The number of halogens is 2. The van der Waals surface area contributed by atoms with Gasteiger partial charge in [0.25, 0.3) is 0 Å². The normalized spacial score (nSPS) is 22.7. The second-order valence-electron chi connectivity index (χ2n) is 10.5. The van der Waals surface area contributed by atoms with Crippen LogP contribution in [0.5, 0.6) is 0 Å². The zero-order chi connectivity index (χ0) is 23.7. The summed E-state index contributed by atoms with van der Waals surface area (Å²) in [6.07, 6.45) is 0. The molecule has 0 saturated heterocycles. The van der Waals surface area contributed by atoms with Crippen molar-refractivity contribution in [3.05, 3.63) is 171 Å².